The first-order valence-corrected chi connectivity index (χ1v) is 23.0. The quantitative estimate of drug-likeness (QED) is 0.173. The van der Waals surface area contributed by atoms with Crippen LogP contribution in [0.2, 0.25) is 0 Å². The first kappa shape index (κ1) is 33.8. The van der Waals surface area contributed by atoms with Gasteiger partial charge in [0.05, 0.1) is 0 Å². The van der Waals surface area contributed by atoms with E-state index in [4.69, 9.17) is 0 Å². The number of hydrogen-bond donors (Lipinski definition) is 0. The zero-order chi connectivity index (χ0) is 38.1. The van der Waals surface area contributed by atoms with E-state index in [1.54, 1.807) is 11.1 Å². The van der Waals surface area contributed by atoms with Gasteiger partial charge in [0.1, 0.15) is 0 Å². The highest BCUT2D eigenvalue weighted by atomic mass is 15.1. The van der Waals surface area contributed by atoms with Crippen LogP contribution in [-0.2, 0) is 21.7 Å². The van der Waals surface area contributed by atoms with Gasteiger partial charge in [-0.05, 0) is 215 Å². The monoisotopic (exact) mass is 745 g/mol. The molecule has 0 radical (unpaired) electrons. The Morgan fingerprint density at radius 3 is 1.37 bits per heavy atom. The average molecular weight is 746 g/mol. The van der Waals surface area contributed by atoms with Gasteiger partial charge in [-0.25, -0.2) is 0 Å². The van der Waals surface area contributed by atoms with Crippen molar-refractivity contribution in [3.8, 4) is 22.3 Å². The lowest BCUT2D eigenvalue weighted by atomic mass is 9.48. The van der Waals surface area contributed by atoms with Crippen LogP contribution in [0, 0.1) is 35.5 Å². The van der Waals surface area contributed by atoms with Crippen LogP contribution in [0.15, 0.2) is 103 Å². The number of fused-ring (bicyclic) bond motifs is 7. The molecule has 5 aromatic rings. The van der Waals surface area contributed by atoms with E-state index in [-0.39, 0.29) is 10.8 Å². The second-order valence-electron chi connectivity index (χ2n) is 22.3. The topological polar surface area (TPSA) is 3.24 Å². The fourth-order valence-corrected chi connectivity index (χ4v) is 16.5. The molecule has 5 aromatic carbocycles. The van der Waals surface area contributed by atoms with Gasteiger partial charge in [-0.2, -0.15) is 0 Å². The normalized spacial score (nSPS) is 33.5. The average Bonchev–Trinajstić information content (AvgIpc) is 3.57. The maximum atomic E-state index is 2.59. The lowest BCUT2D eigenvalue weighted by molar-refractivity contribution is -0.00529. The van der Waals surface area contributed by atoms with Gasteiger partial charge in [0.2, 0.25) is 0 Å². The summed E-state index contributed by atoms with van der Waals surface area (Å²) in [7, 11) is 0. The number of nitrogens with zero attached hydrogens (tertiary/aromatic N) is 1. The largest absolute Gasteiger partial charge is 0.310 e. The van der Waals surface area contributed by atoms with Crippen LogP contribution in [0.5, 0.6) is 0 Å². The van der Waals surface area contributed by atoms with Crippen molar-refractivity contribution in [2.45, 2.75) is 126 Å². The summed E-state index contributed by atoms with van der Waals surface area (Å²) in [6.07, 6.45) is 17.5. The summed E-state index contributed by atoms with van der Waals surface area (Å²) in [4.78, 5) is 2.59. The Labute approximate surface area is 341 Å². The van der Waals surface area contributed by atoms with Crippen LogP contribution in [-0.4, -0.2) is 0 Å². The van der Waals surface area contributed by atoms with Gasteiger partial charge in [0.25, 0.3) is 0 Å². The summed E-state index contributed by atoms with van der Waals surface area (Å²) in [6, 6.07) is 41.6. The third-order valence-electron chi connectivity index (χ3n) is 18.2. The van der Waals surface area contributed by atoms with Crippen molar-refractivity contribution in [2.75, 3.05) is 4.90 Å². The molecule has 0 aliphatic heterocycles. The minimum absolute atomic E-state index is 0.0451. The summed E-state index contributed by atoms with van der Waals surface area (Å²) >= 11 is 0. The number of rotatable bonds is 5. The molecule has 0 heterocycles. The highest BCUT2D eigenvalue weighted by Gasteiger charge is 2.53. The van der Waals surface area contributed by atoms with E-state index in [2.05, 4.69) is 136 Å². The first-order chi connectivity index (χ1) is 27.6. The van der Waals surface area contributed by atoms with Gasteiger partial charge < -0.3 is 4.90 Å². The number of benzene rings is 5. The van der Waals surface area contributed by atoms with Gasteiger partial charge in [-0.1, -0.05) is 94.4 Å². The Hall–Kier alpha value is -4.10. The van der Waals surface area contributed by atoms with Gasteiger partial charge >= 0.3 is 0 Å². The smallest absolute Gasteiger partial charge is 0.0465 e. The zero-order valence-electron chi connectivity index (χ0n) is 34.7. The second kappa shape index (κ2) is 11.3. The molecule has 0 N–H and O–H groups in total. The Morgan fingerprint density at radius 2 is 0.860 bits per heavy atom. The van der Waals surface area contributed by atoms with E-state index in [0.717, 1.165) is 35.5 Å². The van der Waals surface area contributed by atoms with Crippen LogP contribution in [0.4, 0.5) is 17.1 Å². The maximum absolute atomic E-state index is 2.59. The predicted molar refractivity (Wildman–Crippen MR) is 236 cm³/mol. The summed E-state index contributed by atoms with van der Waals surface area (Å²) in [6.45, 7) is 9.82. The van der Waals surface area contributed by atoms with Crippen molar-refractivity contribution in [1.82, 2.24) is 0 Å². The summed E-state index contributed by atoms with van der Waals surface area (Å²) in [5.41, 5.74) is 19.4. The van der Waals surface area contributed by atoms with Crippen molar-refractivity contribution < 1.29 is 0 Å². The molecule has 0 unspecified atom stereocenters. The molecule has 10 aliphatic carbocycles. The SMILES string of the molecule is CC1(C)c2cc(N(c3ccc(C45CC6CC(CC(C6)C4)C5)cc3)c3ccc(C45CC6CC(CC(C6)C4)C5)cc3)ccc2-c2c1ccc1c2C(C)(C)c2ccccc2-1. The third kappa shape index (κ3) is 4.64. The molecule has 8 fully saturated rings. The summed E-state index contributed by atoms with van der Waals surface area (Å²) in [5, 5.41) is 0. The third-order valence-corrected chi connectivity index (χ3v) is 18.2. The van der Waals surface area contributed by atoms with E-state index < -0.39 is 0 Å². The fourth-order valence-electron chi connectivity index (χ4n) is 16.5. The summed E-state index contributed by atoms with van der Waals surface area (Å²) < 4.78 is 0. The minimum atomic E-state index is -0.100. The molecule has 0 amide bonds. The van der Waals surface area contributed by atoms with E-state index in [1.165, 1.54) is 139 Å². The van der Waals surface area contributed by atoms with Crippen LogP contribution < -0.4 is 4.90 Å². The van der Waals surface area contributed by atoms with Gasteiger partial charge in [-0.15, -0.1) is 0 Å². The first-order valence-electron chi connectivity index (χ1n) is 23.0. The van der Waals surface area contributed by atoms with Gasteiger partial charge in [0, 0.05) is 27.9 Å². The molecule has 10 aliphatic rings. The minimum Gasteiger partial charge on any atom is -0.310 e. The van der Waals surface area contributed by atoms with Crippen molar-refractivity contribution in [1.29, 1.82) is 0 Å². The standard InChI is InChI=1S/C56H59N/c1-53(2)49-20-19-46-45-7-5-6-8-48(45)54(3,4)52(46)51(49)47-18-17-44(27-50(47)53)57(42-13-9-40(10-14-42)55-28-34-21-35(29-55)23-36(22-34)30-55)43-15-11-41(12-16-43)56-31-37-24-38(32-56)26-39(25-37)33-56/h5-20,27,34-39H,21-26,28-33H2,1-4H3. The molecule has 15 rings (SSSR count). The number of hydrogen-bond acceptors (Lipinski definition) is 1. The lowest BCUT2D eigenvalue weighted by Crippen LogP contribution is -2.48. The Morgan fingerprint density at radius 1 is 0.404 bits per heavy atom. The molecular formula is C56H59N. The van der Waals surface area contributed by atoms with Crippen molar-refractivity contribution >= 4 is 17.1 Å². The molecule has 8 saturated carbocycles. The van der Waals surface area contributed by atoms with E-state index >= 15 is 0 Å². The molecule has 1 nitrogen and oxygen atoms in total. The Balaban J connectivity index is 0.924. The van der Waals surface area contributed by atoms with Crippen molar-refractivity contribution in [2.24, 2.45) is 35.5 Å². The molecule has 1 heteroatoms. The molecule has 288 valence electrons. The van der Waals surface area contributed by atoms with Crippen LogP contribution in [0.25, 0.3) is 22.3 Å². The molecule has 0 saturated heterocycles. The zero-order valence-corrected chi connectivity index (χ0v) is 34.7. The van der Waals surface area contributed by atoms with Crippen molar-refractivity contribution in [3.05, 3.63) is 137 Å². The molecule has 8 bridgehead atoms. The van der Waals surface area contributed by atoms with E-state index in [9.17, 15) is 0 Å². The lowest BCUT2D eigenvalue weighted by Gasteiger charge is -2.57. The highest BCUT2D eigenvalue weighted by molar-refractivity contribution is 5.95. The molecule has 57 heavy (non-hydrogen) atoms. The van der Waals surface area contributed by atoms with Crippen LogP contribution in [0.1, 0.15) is 138 Å². The van der Waals surface area contributed by atoms with Gasteiger partial charge in [-0.3, -0.25) is 0 Å². The van der Waals surface area contributed by atoms with E-state index in [0.29, 0.717) is 10.8 Å². The van der Waals surface area contributed by atoms with Gasteiger partial charge in [0.15, 0.2) is 0 Å². The second-order valence-corrected chi connectivity index (χ2v) is 22.3. The highest BCUT2D eigenvalue weighted by Crippen LogP contribution is 2.63. The maximum Gasteiger partial charge on any atom is 0.0465 e. The van der Waals surface area contributed by atoms with Crippen LogP contribution >= 0.6 is 0 Å². The Bertz CT molecular complexity index is 2320. The molecule has 0 spiro atoms. The van der Waals surface area contributed by atoms with Crippen molar-refractivity contribution in [3.63, 3.8) is 0 Å². The molecule has 0 atom stereocenters. The fraction of sp³-hybridized carbons (Fsp3) is 0.464. The van der Waals surface area contributed by atoms with E-state index in [1.807, 2.05) is 0 Å². The summed E-state index contributed by atoms with van der Waals surface area (Å²) in [5.74, 6) is 5.75. The molecule has 0 aromatic heterocycles. The predicted octanol–water partition coefficient (Wildman–Crippen LogP) is 14.7. The Kier molecular flexibility index (Phi) is 6.73. The van der Waals surface area contributed by atoms with Crippen LogP contribution in [0.3, 0.4) is 0 Å². The number of anilines is 3. The molecular weight excluding hydrogens is 687 g/mol.